The van der Waals surface area contributed by atoms with Gasteiger partial charge in [0.25, 0.3) is 0 Å². The third-order valence-corrected chi connectivity index (χ3v) is 4.50. The van der Waals surface area contributed by atoms with Crippen LogP contribution in [0.25, 0.3) is 0 Å². The van der Waals surface area contributed by atoms with Gasteiger partial charge < -0.3 is 10.6 Å². The van der Waals surface area contributed by atoms with E-state index in [1.807, 2.05) is 13.0 Å². The molecular weight excluding hydrogens is 307 g/mol. The number of halogens is 2. The molecule has 1 aliphatic rings. The molecule has 5 heteroatoms. The molecule has 116 valence electrons. The molecule has 1 aliphatic heterocycles. The van der Waals surface area contributed by atoms with Gasteiger partial charge in [0, 0.05) is 22.5 Å². The Morgan fingerprint density at radius 1 is 1.43 bits per heavy atom. The van der Waals surface area contributed by atoms with Crippen LogP contribution in [0, 0.1) is 0 Å². The molecule has 0 bridgehead atoms. The number of carbonyl (C=O) groups excluding carboxylic acids is 1. The Balaban J connectivity index is 1.81. The van der Waals surface area contributed by atoms with E-state index in [9.17, 15) is 4.79 Å². The van der Waals surface area contributed by atoms with Crippen molar-refractivity contribution in [2.24, 2.45) is 0 Å². The van der Waals surface area contributed by atoms with E-state index in [2.05, 4.69) is 10.6 Å². The first-order valence-corrected chi connectivity index (χ1v) is 8.29. The zero-order valence-electron chi connectivity index (χ0n) is 12.3. The highest BCUT2D eigenvalue weighted by Gasteiger charge is 2.16. The second-order valence-electron chi connectivity index (χ2n) is 5.64. The minimum atomic E-state index is -0.110. The summed E-state index contributed by atoms with van der Waals surface area (Å²) in [5.74, 6) is 0.0703. The van der Waals surface area contributed by atoms with Gasteiger partial charge in [0.05, 0.1) is 6.04 Å². The first kappa shape index (κ1) is 16.6. The lowest BCUT2D eigenvalue weighted by Crippen LogP contribution is -2.35. The summed E-state index contributed by atoms with van der Waals surface area (Å²) in [5.41, 5.74) is 0.894. The van der Waals surface area contributed by atoms with E-state index < -0.39 is 0 Å². The van der Waals surface area contributed by atoms with Crippen LogP contribution >= 0.6 is 23.2 Å². The predicted molar refractivity (Wildman–Crippen MR) is 87.9 cm³/mol. The van der Waals surface area contributed by atoms with E-state index >= 15 is 0 Å². The van der Waals surface area contributed by atoms with Crippen LogP contribution in [0.3, 0.4) is 0 Å². The SMILES string of the molecule is CC(NC(=O)CCC1CCCCN1)c1ccc(Cl)cc1Cl. The van der Waals surface area contributed by atoms with Crippen molar-refractivity contribution in [3.8, 4) is 0 Å². The summed E-state index contributed by atoms with van der Waals surface area (Å²) in [7, 11) is 0. The van der Waals surface area contributed by atoms with Crippen molar-refractivity contribution in [3.63, 3.8) is 0 Å². The molecule has 2 N–H and O–H groups in total. The number of rotatable bonds is 5. The van der Waals surface area contributed by atoms with Crippen LogP contribution in [0.1, 0.15) is 50.6 Å². The molecule has 0 spiro atoms. The van der Waals surface area contributed by atoms with Crippen molar-refractivity contribution in [2.75, 3.05) is 6.54 Å². The second kappa shape index (κ2) is 8.02. The molecular formula is C16H22Cl2N2O. The summed E-state index contributed by atoms with van der Waals surface area (Å²) in [4.78, 5) is 12.0. The van der Waals surface area contributed by atoms with Crippen molar-refractivity contribution in [1.82, 2.24) is 10.6 Å². The Morgan fingerprint density at radius 2 is 2.24 bits per heavy atom. The first-order valence-electron chi connectivity index (χ1n) is 7.54. The van der Waals surface area contributed by atoms with Crippen LogP contribution in [0.2, 0.25) is 10.0 Å². The fraction of sp³-hybridized carbons (Fsp3) is 0.562. The van der Waals surface area contributed by atoms with Crippen LogP contribution < -0.4 is 10.6 Å². The molecule has 21 heavy (non-hydrogen) atoms. The molecule has 0 aliphatic carbocycles. The van der Waals surface area contributed by atoms with Gasteiger partial charge in [-0.3, -0.25) is 4.79 Å². The van der Waals surface area contributed by atoms with Crippen LogP contribution in [-0.4, -0.2) is 18.5 Å². The highest BCUT2D eigenvalue weighted by Crippen LogP contribution is 2.26. The fourth-order valence-electron chi connectivity index (χ4n) is 2.72. The van der Waals surface area contributed by atoms with E-state index in [0.717, 1.165) is 18.5 Å². The largest absolute Gasteiger partial charge is 0.350 e. The molecule has 1 aromatic rings. The lowest BCUT2D eigenvalue weighted by molar-refractivity contribution is -0.122. The molecule has 3 nitrogen and oxygen atoms in total. The highest BCUT2D eigenvalue weighted by molar-refractivity contribution is 6.35. The summed E-state index contributed by atoms with van der Waals surface area (Å²) >= 11 is 12.0. The van der Waals surface area contributed by atoms with E-state index in [1.165, 1.54) is 19.3 Å². The monoisotopic (exact) mass is 328 g/mol. The lowest BCUT2D eigenvalue weighted by Gasteiger charge is -2.23. The summed E-state index contributed by atoms with van der Waals surface area (Å²) in [6.07, 6.45) is 5.12. The maximum Gasteiger partial charge on any atom is 0.220 e. The number of nitrogens with one attached hydrogen (secondary N) is 2. The molecule has 1 fully saturated rings. The predicted octanol–water partition coefficient (Wildman–Crippen LogP) is 4.09. The maximum absolute atomic E-state index is 12.0. The molecule has 1 heterocycles. The van der Waals surface area contributed by atoms with Crippen LogP contribution in [0.15, 0.2) is 18.2 Å². The Hall–Kier alpha value is -0.770. The minimum Gasteiger partial charge on any atom is -0.350 e. The average Bonchev–Trinajstić information content (AvgIpc) is 2.46. The molecule has 2 rings (SSSR count). The normalized spacial score (nSPS) is 20.0. The summed E-state index contributed by atoms with van der Waals surface area (Å²) in [6.45, 7) is 3.01. The quantitative estimate of drug-likeness (QED) is 0.854. The topological polar surface area (TPSA) is 41.1 Å². The Bertz CT molecular complexity index is 487. The standard InChI is InChI=1S/C16H22Cl2N2O/c1-11(14-7-5-12(17)10-15(14)18)20-16(21)8-6-13-4-2-3-9-19-13/h5,7,10-11,13,19H,2-4,6,8-9H2,1H3,(H,20,21). The van der Waals surface area contributed by atoms with E-state index in [-0.39, 0.29) is 11.9 Å². The number of benzene rings is 1. The molecule has 1 saturated heterocycles. The number of hydrogen-bond donors (Lipinski definition) is 2. The Labute approximate surface area is 136 Å². The zero-order valence-corrected chi connectivity index (χ0v) is 13.8. The van der Waals surface area contributed by atoms with Gasteiger partial charge in [-0.15, -0.1) is 0 Å². The molecule has 2 atom stereocenters. The molecule has 0 aromatic heterocycles. The Kier molecular flexibility index (Phi) is 6.34. The van der Waals surface area contributed by atoms with Crippen molar-refractivity contribution in [1.29, 1.82) is 0 Å². The second-order valence-corrected chi connectivity index (χ2v) is 6.48. The zero-order chi connectivity index (χ0) is 15.2. The van der Waals surface area contributed by atoms with Crippen molar-refractivity contribution in [2.45, 2.75) is 51.1 Å². The summed E-state index contributed by atoms with van der Waals surface area (Å²) in [5, 5.41) is 7.65. The van der Waals surface area contributed by atoms with Gasteiger partial charge in [-0.25, -0.2) is 0 Å². The molecule has 0 saturated carbocycles. The first-order chi connectivity index (χ1) is 10.1. The van der Waals surface area contributed by atoms with Gasteiger partial charge in [-0.1, -0.05) is 35.7 Å². The molecule has 1 amide bonds. The van der Waals surface area contributed by atoms with Gasteiger partial charge in [0.1, 0.15) is 0 Å². The van der Waals surface area contributed by atoms with Crippen molar-refractivity contribution >= 4 is 29.1 Å². The number of amides is 1. The smallest absolute Gasteiger partial charge is 0.220 e. The summed E-state index contributed by atoms with van der Waals surface area (Å²) < 4.78 is 0. The lowest BCUT2D eigenvalue weighted by atomic mass is 10.00. The summed E-state index contributed by atoms with van der Waals surface area (Å²) in [6, 6.07) is 5.73. The van der Waals surface area contributed by atoms with Gasteiger partial charge in [-0.05, 0) is 50.4 Å². The van der Waals surface area contributed by atoms with E-state index in [0.29, 0.717) is 22.5 Å². The minimum absolute atomic E-state index is 0.0703. The third kappa shape index (κ3) is 5.17. The van der Waals surface area contributed by atoms with E-state index in [4.69, 9.17) is 23.2 Å². The molecule has 1 aromatic carbocycles. The van der Waals surface area contributed by atoms with Crippen LogP contribution in [0.5, 0.6) is 0 Å². The van der Waals surface area contributed by atoms with Crippen LogP contribution in [-0.2, 0) is 4.79 Å². The number of carbonyl (C=O) groups is 1. The van der Waals surface area contributed by atoms with Gasteiger partial charge in [0.2, 0.25) is 5.91 Å². The third-order valence-electron chi connectivity index (χ3n) is 3.94. The number of piperidine rings is 1. The van der Waals surface area contributed by atoms with Crippen LogP contribution in [0.4, 0.5) is 0 Å². The average molecular weight is 329 g/mol. The van der Waals surface area contributed by atoms with E-state index in [1.54, 1.807) is 12.1 Å². The van der Waals surface area contributed by atoms with Gasteiger partial charge in [0.15, 0.2) is 0 Å². The van der Waals surface area contributed by atoms with Crippen molar-refractivity contribution < 1.29 is 4.79 Å². The maximum atomic E-state index is 12.0. The van der Waals surface area contributed by atoms with Gasteiger partial charge in [-0.2, -0.15) is 0 Å². The fourth-order valence-corrected chi connectivity index (χ4v) is 3.29. The number of hydrogen-bond acceptors (Lipinski definition) is 2. The molecule has 0 radical (unpaired) electrons. The Morgan fingerprint density at radius 3 is 2.90 bits per heavy atom. The molecule has 2 unspecified atom stereocenters. The van der Waals surface area contributed by atoms with Gasteiger partial charge >= 0.3 is 0 Å². The highest BCUT2D eigenvalue weighted by atomic mass is 35.5. The van der Waals surface area contributed by atoms with Crippen molar-refractivity contribution in [3.05, 3.63) is 33.8 Å².